The second-order valence-corrected chi connectivity index (χ2v) is 11.0. The number of aliphatic hydroxyl groups excluding tert-OH is 2. The fourth-order valence-electron chi connectivity index (χ4n) is 5.06. The Morgan fingerprint density at radius 3 is 2.62 bits per heavy atom. The number of ether oxygens (including phenoxy) is 1. The summed E-state index contributed by atoms with van der Waals surface area (Å²) in [6.45, 7) is 9.33. The van der Waals surface area contributed by atoms with E-state index in [-0.39, 0.29) is 24.7 Å². The van der Waals surface area contributed by atoms with E-state index in [4.69, 9.17) is 14.9 Å². The van der Waals surface area contributed by atoms with Crippen LogP contribution in [0.5, 0.6) is 0 Å². The van der Waals surface area contributed by atoms with Crippen LogP contribution in [0.25, 0.3) is 11.1 Å². The fraction of sp³-hybridized carbons (Fsp3) is 0.621. The first kappa shape index (κ1) is 29.0. The number of hydrogen-bond donors (Lipinski definition) is 3. The molecule has 0 bridgehead atoms. The first-order valence-electron chi connectivity index (χ1n) is 13.3. The Morgan fingerprint density at radius 1 is 1.22 bits per heavy atom. The van der Waals surface area contributed by atoms with Gasteiger partial charge in [0.05, 0.1) is 30.6 Å². The first-order valence-corrected chi connectivity index (χ1v) is 13.3. The molecule has 8 nitrogen and oxygen atoms in total. The number of aromatic nitrogens is 1. The Hall–Kier alpha value is -2.55. The number of fused-ring (bicyclic) bond motifs is 1. The number of cyclic esters (lactones) is 1. The minimum absolute atomic E-state index is 0.0622. The highest BCUT2D eigenvalue weighted by Crippen LogP contribution is 2.35. The van der Waals surface area contributed by atoms with Gasteiger partial charge in [-0.1, -0.05) is 45.4 Å². The van der Waals surface area contributed by atoms with Gasteiger partial charge in [-0.15, -0.1) is 0 Å². The van der Waals surface area contributed by atoms with E-state index in [1.54, 1.807) is 19.9 Å². The van der Waals surface area contributed by atoms with Gasteiger partial charge in [0, 0.05) is 12.3 Å². The molecule has 0 saturated carbocycles. The minimum Gasteiger partial charge on any atom is -0.457 e. The molecule has 5 atom stereocenters. The monoisotopic (exact) mass is 514 g/mol. The van der Waals surface area contributed by atoms with Gasteiger partial charge in [-0.3, -0.25) is 9.59 Å². The van der Waals surface area contributed by atoms with E-state index in [0.717, 1.165) is 30.4 Å². The molecule has 204 valence electrons. The lowest BCUT2D eigenvalue weighted by molar-refractivity contribution is -0.156. The molecule has 1 aromatic carbocycles. The number of carbonyl (C=O) groups excluding carboxylic acids is 2. The molecule has 0 spiro atoms. The number of carbonyl (C=O) groups is 2. The maximum atomic E-state index is 13.4. The van der Waals surface area contributed by atoms with Crippen molar-refractivity contribution in [2.45, 2.75) is 98.0 Å². The SMILES string of the molecule is CC[C@H]1C(=O)C(C)(C)[C@@H](O)CC(=O)O[C@H](c2ccc3oc(CN)nc3c2)CC=C(C)CCC[C@H](C)[C@@H]1O. The normalized spacial score (nSPS) is 28.6. The molecule has 1 aromatic heterocycles. The summed E-state index contributed by atoms with van der Waals surface area (Å²) in [6.07, 6.45) is 2.51. The molecule has 2 aromatic rings. The number of esters is 1. The van der Waals surface area contributed by atoms with Crippen molar-refractivity contribution in [2.75, 3.05) is 0 Å². The number of ketones is 1. The van der Waals surface area contributed by atoms with Crippen molar-refractivity contribution in [3.63, 3.8) is 0 Å². The van der Waals surface area contributed by atoms with Crippen LogP contribution in [0.2, 0.25) is 0 Å². The Balaban J connectivity index is 1.93. The van der Waals surface area contributed by atoms with Gasteiger partial charge in [0.2, 0.25) is 5.89 Å². The Labute approximate surface area is 219 Å². The van der Waals surface area contributed by atoms with E-state index >= 15 is 0 Å². The number of nitrogens with zero attached hydrogens (tertiary/aromatic N) is 1. The van der Waals surface area contributed by atoms with Crippen LogP contribution in [0.1, 0.15) is 90.7 Å². The predicted octanol–water partition coefficient (Wildman–Crippen LogP) is 4.76. The number of benzene rings is 1. The Kier molecular flexibility index (Phi) is 9.67. The van der Waals surface area contributed by atoms with Crippen LogP contribution >= 0.6 is 0 Å². The number of aliphatic hydroxyl groups is 2. The number of Topliss-reactive ketones (excluding diaryl/α,β-unsaturated/α-hetero) is 1. The summed E-state index contributed by atoms with van der Waals surface area (Å²) in [5.41, 5.74) is 7.59. The molecule has 8 heteroatoms. The number of hydrogen-bond acceptors (Lipinski definition) is 8. The average molecular weight is 515 g/mol. The number of rotatable bonds is 3. The first-order chi connectivity index (χ1) is 17.5. The summed E-state index contributed by atoms with van der Waals surface area (Å²) in [5.74, 6) is -1.08. The summed E-state index contributed by atoms with van der Waals surface area (Å²) < 4.78 is 11.5. The molecule has 1 aliphatic heterocycles. The second-order valence-electron chi connectivity index (χ2n) is 11.0. The maximum absolute atomic E-state index is 13.4. The highest BCUT2D eigenvalue weighted by molar-refractivity contribution is 5.88. The van der Waals surface area contributed by atoms with Crippen molar-refractivity contribution in [2.24, 2.45) is 23.0 Å². The molecule has 3 rings (SSSR count). The van der Waals surface area contributed by atoms with E-state index in [2.05, 4.69) is 11.1 Å². The van der Waals surface area contributed by atoms with Crippen molar-refractivity contribution in [3.8, 4) is 0 Å². The largest absolute Gasteiger partial charge is 0.457 e. The van der Waals surface area contributed by atoms with E-state index in [0.29, 0.717) is 29.8 Å². The third-order valence-corrected chi connectivity index (χ3v) is 7.79. The van der Waals surface area contributed by atoms with E-state index in [1.807, 2.05) is 32.9 Å². The van der Waals surface area contributed by atoms with Crippen LogP contribution in [0.4, 0.5) is 0 Å². The van der Waals surface area contributed by atoms with Gasteiger partial charge in [0.15, 0.2) is 5.58 Å². The molecule has 0 aliphatic carbocycles. The van der Waals surface area contributed by atoms with Gasteiger partial charge in [-0.25, -0.2) is 4.98 Å². The van der Waals surface area contributed by atoms with Crippen LogP contribution in [0.3, 0.4) is 0 Å². The van der Waals surface area contributed by atoms with Gasteiger partial charge < -0.3 is 25.1 Å². The van der Waals surface area contributed by atoms with Crippen molar-refractivity contribution in [1.82, 2.24) is 4.98 Å². The highest BCUT2D eigenvalue weighted by Gasteiger charge is 2.43. The third kappa shape index (κ3) is 6.86. The van der Waals surface area contributed by atoms with Crippen molar-refractivity contribution < 1.29 is 29.0 Å². The molecule has 0 saturated heterocycles. The van der Waals surface area contributed by atoms with Gasteiger partial charge in [-0.05, 0) is 56.2 Å². The Bertz CT molecular complexity index is 1120. The molecule has 0 radical (unpaired) electrons. The summed E-state index contributed by atoms with van der Waals surface area (Å²) in [4.78, 5) is 30.8. The van der Waals surface area contributed by atoms with Gasteiger partial charge >= 0.3 is 5.97 Å². The topological polar surface area (TPSA) is 136 Å². The molecular weight excluding hydrogens is 472 g/mol. The third-order valence-electron chi connectivity index (χ3n) is 7.79. The number of oxazole rings is 1. The number of nitrogens with two attached hydrogens (primary N) is 1. The lowest BCUT2D eigenvalue weighted by Crippen LogP contribution is -2.46. The van der Waals surface area contributed by atoms with Crippen LogP contribution in [-0.4, -0.2) is 39.2 Å². The quantitative estimate of drug-likeness (QED) is 0.394. The average Bonchev–Trinajstić information content (AvgIpc) is 3.28. The van der Waals surface area contributed by atoms with Crippen LogP contribution < -0.4 is 5.73 Å². The smallest absolute Gasteiger partial charge is 0.309 e. The van der Waals surface area contributed by atoms with Crippen molar-refractivity contribution in [3.05, 3.63) is 41.3 Å². The molecule has 0 fully saturated rings. The van der Waals surface area contributed by atoms with Crippen LogP contribution in [0, 0.1) is 17.3 Å². The number of allylic oxidation sites excluding steroid dienone is 1. The van der Waals surface area contributed by atoms with Gasteiger partial charge in [-0.2, -0.15) is 0 Å². The van der Waals surface area contributed by atoms with Gasteiger partial charge in [0.25, 0.3) is 0 Å². The van der Waals surface area contributed by atoms with E-state index in [1.165, 1.54) is 0 Å². The zero-order valence-corrected chi connectivity index (χ0v) is 22.7. The summed E-state index contributed by atoms with van der Waals surface area (Å²) in [6, 6.07) is 5.46. The highest BCUT2D eigenvalue weighted by atomic mass is 16.5. The van der Waals surface area contributed by atoms with Crippen LogP contribution in [0.15, 0.2) is 34.3 Å². The molecular formula is C29H42N2O6. The Morgan fingerprint density at radius 2 is 1.95 bits per heavy atom. The molecule has 4 N–H and O–H groups in total. The lowest BCUT2D eigenvalue weighted by atomic mass is 9.71. The van der Waals surface area contributed by atoms with Crippen molar-refractivity contribution >= 4 is 22.9 Å². The maximum Gasteiger partial charge on any atom is 0.309 e. The zero-order valence-electron chi connectivity index (χ0n) is 22.7. The summed E-state index contributed by atoms with van der Waals surface area (Å²) in [7, 11) is 0. The van der Waals surface area contributed by atoms with Gasteiger partial charge in [0.1, 0.15) is 17.4 Å². The minimum atomic E-state index is -1.25. The van der Waals surface area contributed by atoms with E-state index < -0.39 is 35.6 Å². The fourth-order valence-corrected chi connectivity index (χ4v) is 5.06. The molecule has 1 aliphatic rings. The summed E-state index contributed by atoms with van der Waals surface area (Å²) in [5, 5.41) is 22.0. The molecule has 37 heavy (non-hydrogen) atoms. The molecule has 2 heterocycles. The standard InChI is InChI=1S/C29H42N2O6/c1-6-20-27(34)18(3)9-7-8-17(2)10-12-22(37-26(33)15-24(32)29(4,5)28(20)35)19-11-13-23-21(14-19)31-25(16-30)36-23/h10-11,13-14,18,20,22,24,27,32,34H,6-9,12,15-16,30H2,1-5H3/t18-,20+,22-,24-,27-/m0/s1. The lowest BCUT2D eigenvalue weighted by Gasteiger charge is -2.35. The van der Waals surface area contributed by atoms with Crippen LogP contribution in [-0.2, 0) is 20.9 Å². The molecule has 0 amide bonds. The predicted molar refractivity (Wildman–Crippen MR) is 141 cm³/mol. The second kappa shape index (κ2) is 12.3. The zero-order chi connectivity index (χ0) is 27.3. The van der Waals surface area contributed by atoms with Crippen molar-refractivity contribution in [1.29, 1.82) is 0 Å². The molecule has 0 unspecified atom stereocenters. The van der Waals surface area contributed by atoms with E-state index in [9.17, 15) is 19.8 Å². The summed E-state index contributed by atoms with van der Waals surface area (Å²) >= 11 is 0.